The third-order valence-electron chi connectivity index (χ3n) is 7.33. The molecule has 1 aliphatic heterocycles. The van der Waals surface area contributed by atoms with Crippen LogP contribution in [0.15, 0.2) is 79.0 Å². The Morgan fingerprint density at radius 1 is 0.919 bits per heavy atom. The lowest BCUT2D eigenvalue weighted by atomic mass is 9.96. The number of pyridine rings is 1. The molecule has 0 aliphatic carbocycles. The molecule has 1 aliphatic rings. The number of nitrogens with zero attached hydrogens (tertiary/aromatic N) is 3. The second-order valence-corrected chi connectivity index (χ2v) is 10.3. The minimum absolute atomic E-state index is 0.0114. The van der Waals surface area contributed by atoms with Gasteiger partial charge in [-0.05, 0) is 93.4 Å². The van der Waals surface area contributed by atoms with Crippen LogP contribution >= 0.6 is 12.2 Å². The summed E-state index contributed by atoms with van der Waals surface area (Å²) in [5.41, 5.74) is 9.75. The van der Waals surface area contributed by atoms with Gasteiger partial charge in [0.15, 0.2) is 5.11 Å². The van der Waals surface area contributed by atoms with Crippen molar-refractivity contribution in [1.82, 2.24) is 19.8 Å². The summed E-state index contributed by atoms with van der Waals surface area (Å²) >= 11 is 5.92. The molecule has 190 valence electrons. The molecule has 5 nitrogen and oxygen atoms in total. The summed E-state index contributed by atoms with van der Waals surface area (Å²) in [5.74, 6) is 0. The van der Waals surface area contributed by atoms with Crippen molar-refractivity contribution in [1.29, 1.82) is 0 Å². The number of rotatable bonds is 8. The second-order valence-electron chi connectivity index (χ2n) is 9.87. The summed E-state index contributed by atoms with van der Waals surface area (Å²) in [5, 5.41) is 7.93. The third kappa shape index (κ3) is 4.98. The van der Waals surface area contributed by atoms with Crippen LogP contribution in [0.2, 0.25) is 0 Å². The first-order valence-corrected chi connectivity index (χ1v) is 13.4. The smallest absolute Gasteiger partial charge is 0.170 e. The molecule has 1 fully saturated rings. The zero-order valence-corrected chi connectivity index (χ0v) is 22.8. The zero-order chi connectivity index (χ0) is 25.9. The quantitative estimate of drug-likeness (QED) is 0.207. The van der Waals surface area contributed by atoms with E-state index in [9.17, 15) is 0 Å². The maximum absolute atomic E-state index is 5.92. The molecular weight excluding hydrogens is 474 g/mol. The van der Waals surface area contributed by atoms with Crippen LogP contribution < -0.4 is 10.6 Å². The van der Waals surface area contributed by atoms with Gasteiger partial charge in [0.2, 0.25) is 0 Å². The van der Waals surface area contributed by atoms with Crippen molar-refractivity contribution in [2.24, 2.45) is 0 Å². The van der Waals surface area contributed by atoms with E-state index >= 15 is 0 Å². The monoisotopic (exact) mass is 509 g/mol. The highest BCUT2D eigenvalue weighted by molar-refractivity contribution is 7.80. The van der Waals surface area contributed by atoms with Gasteiger partial charge < -0.3 is 20.1 Å². The number of aryl methyl sites for hydroxylation is 3. The lowest BCUT2D eigenvalue weighted by Gasteiger charge is -2.28. The molecule has 37 heavy (non-hydrogen) atoms. The highest BCUT2D eigenvalue weighted by Crippen LogP contribution is 2.41. The highest BCUT2D eigenvalue weighted by atomic mass is 32.1. The van der Waals surface area contributed by atoms with Crippen molar-refractivity contribution in [2.75, 3.05) is 18.4 Å². The molecule has 0 unspecified atom stereocenters. The SMILES string of the molecule is Cc1cccc(C)c1-n1c(C)cc([C@@H]2[C@@H](c3ccccn3)NC(=S)N2CCCNc2ccccc2)c1C. The van der Waals surface area contributed by atoms with Crippen LogP contribution in [0.5, 0.6) is 0 Å². The first-order chi connectivity index (χ1) is 18.0. The van der Waals surface area contributed by atoms with Gasteiger partial charge in [0.05, 0.1) is 23.5 Å². The summed E-state index contributed by atoms with van der Waals surface area (Å²) < 4.78 is 2.41. The molecule has 2 N–H and O–H groups in total. The summed E-state index contributed by atoms with van der Waals surface area (Å²) in [6.07, 6.45) is 2.83. The fraction of sp³-hybridized carbons (Fsp3) is 0.290. The average molecular weight is 510 g/mol. The predicted octanol–water partition coefficient (Wildman–Crippen LogP) is 6.58. The van der Waals surface area contributed by atoms with E-state index in [2.05, 4.69) is 108 Å². The van der Waals surface area contributed by atoms with Crippen molar-refractivity contribution in [3.05, 3.63) is 113 Å². The van der Waals surface area contributed by atoms with Crippen LogP contribution in [0.4, 0.5) is 5.69 Å². The largest absolute Gasteiger partial charge is 0.385 e. The Morgan fingerprint density at radius 3 is 2.35 bits per heavy atom. The van der Waals surface area contributed by atoms with E-state index in [1.54, 1.807) is 0 Å². The maximum Gasteiger partial charge on any atom is 0.170 e. The van der Waals surface area contributed by atoms with Gasteiger partial charge in [0.1, 0.15) is 0 Å². The van der Waals surface area contributed by atoms with Gasteiger partial charge in [-0.25, -0.2) is 0 Å². The maximum atomic E-state index is 5.92. The molecule has 0 radical (unpaired) electrons. The third-order valence-corrected chi connectivity index (χ3v) is 7.68. The fourth-order valence-corrected chi connectivity index (χ4v) is 5.94. The zero-order valence-electron chi connectivity index (χ0n) is 22.0. The Labute approximate surface area is 225 Å². The van der Waals surface area contributed by atoms with Gasteiger partial charge in [-0.1, -0.05) is 42.5 Å². The minimum atomic E-state index is -0.0114. The van der Waals surface area contributed by atoms with Crippen LogP contribution in [0.1, 0.15) is 52.3 Å². The minimum Gasteiger partial charge on any atom is -0.385 e. The number of para-hydroxylation sites is 2. The average Bonchev–Trinajstić information content (AvgIpc) is 3.38. The van der Waals surface area contributed by atoms with Crippen LogP contribution in [-0.2, 0) is 0 Å². The normalized spacial score (nSPS) is 17.2. The molecule has 0 amide bonds. The number of anilines is 1. The molecule has 1 saturated heterocycles. The van der Waals surface area contributed by atoms with Gasteiger partial charge in [-0.3, -0.25) is 4.98 Å². The summed E-state index contributed by atoms with van der Waals surface area (Å²) in [4.78, 5) is 7.08. The Kier molecular flexibility index (Phi) is 7.28. The summed E-state index contributed by atoms with van der Waals surface area (Å²) in [6, 6.07) is 25.4. The molecule has 2 aromatic heterocycles. The molecule has 5 rings (SSSR count). The van der Waals surface area contributed by atoms with E-state index in [0.717, 1.165) is 36.0 Å². The Hall–Kier alpha value is -3.64. The number of aromatic nitrogens is 2. The van der Waals surface area contributed by atoms with Crippen molar-refractivity contribution < 1.29 is 0 Å². The van der Waals surface area contributed by atoms with Crippen molar-refractivity contribution in [3.63, 3.8) is 0 Å². The van der Waals surface area contributed by atoms with Crippen LogP contribution in [0, 0.1) is 27.7 Å². The van der Waals surface area contributed by atoms with E-state index < -0.39 is 0 Å². The molecule has 0 saturated carbocycles. The van der Waals surface area contributed by atoms with E-state index in [1.165, 1.54) is 33.8 Å². The lowest BCUT2D eigenvalue weighted by Crippen LogP contribution is -2.31. The molecule has 0 bridgehead atoms. The first kappa shape index (κ1) is 25.0. The van der Waals surface area contributed by atoms with Crippen molar-refractivity contribution in [2.45, 2.75) is 46.2 Å². The van der Waals surface area contributed by atoms with Crippen molar-refractivity contribution >= 4 is 23.0 Å². The Balaban J connectivity index is 1.49. The number of nitrogens with one attached hydrogen (secondary N) is 2. The standard InChI is InChI=1S/C31H35N5S/c1-21-12-10-13-22(2)29(21)36-23(3)20-26(24(36)4)30-28(27-16-8-9-17-33-27)34-31(37)35(30)19-11-18-32-25-14-6-5-7-15-25/h5-10,12-17,20,28,30,32H,11,18-19H2,1-4H3,(H,34,37)/t28-,30-/m1/s1. The molecule has 4 aromatic rings. The van der Waals surface area contributed by atoms with E-state index in [4.69, 9.17) is 17.2 Å². The van der Waals surface area contributed by atoms with Crippen molar-refractivity contribution in [3.8, 4) is 5.69 Å². The van der Waals surface area contributed by atoms with Gasteiger partial charge in [-0.2, -0.15) is 0 Å². The number of hydrogen-bond acceptors (Lipinski definition) is 3. The molecular formula is C31H35N5S. The van der Waals surface area contributed by atoms with E-state index in [1.807, 2.05) is 18.3 Å². The van der Waals surface area contributed by atoms with Gasteiger partial charge >= 0.3 is 0 Å². The first-order valence-electron chi connectivity index (χ1n) is 13.0. The predicted molar refractivity (Wildman–Crippen MR) is 156 cm³/mol. The van der Waals surface area contributed by atoms with Gasteiger partial charge in [0.25, 0.3) is 0 Å². The van der Waals surface area contributed by atoms with Crippen LogP contribution in [0.3, 0.4) is 0 Å². The topological polar surface area (TPSA) is 45.1 Å². The number of hydrogen-bond donors (Lipinski definition) is 2. The molecule has 3 heterocycles. The van der Waals surface area contributed by atoms with Gasteiger partial charge in [0, 0.05) is 36.4 Å². The number of benzene rings is 2. The van der Waals surface area contributed by atoms with E-state index in [-0.39, 0.29) is 12.1 Å². The second kappa shape index (κ2) is 10.8. The van der Waals surface area contributed by atoms with E-state index in [0.29, 0.717) is 0 Å². The highest BCUT2D eigenvalue weighted by Gasteiger charge is 2.41. The lowest BCUT2D eigenvalue weighted by molar-refractivity contribution is 0.315. The molecule has 2 aromatic carbocycles. The van der Waals surface area contributed by atoms with Gasteiger partial charge in [-0.15, -0.1) is 0 Å². The molecule has 6 heteroatoms. The Morgan fingerprint density at radius 2 is 1.65 bits per heavy atom. The Bertz CT molecular complexity index is 1360. The molecule has 2 atom stereocenters. The van der Waals surface area contributed by atoms with Crippen LogP contribution in [0.25, 0.3) is 5.69 Å². The fourth-order valence-electron chi connectivity index (χ4n) is 5.61. The van der Waals surface area contributed by atoms with Crippen LogP contribution in [-0.4, -0.2) is 32.7 Å². The summed E-state index contributed by atoms with van der Waals surface area (Å²) in [7, 11) is 0. The number of thiocarbonyl (C=S) groups is 1. The molecule has 0 spiro atoms. The summed E-state index contributed by atoms with van der Waals surface area (Å²) in [6.45, 7) is 10.6.